The average molecular weight is 256 g/mol. The molecule has 0 bridgehead atoms. The summed E-state index contributed by atoms with van der Waals surface area (Å²) >= 11 is 0. The van der Waals surface area contributed by atoms with Crippen LogP contribution in [0.3, 0.4) is 0 Å². The van der Waals surface area contributed by atoms with Gasteiger partial charge in [-0.3, -0.25) is 4.79 Å². The number of nitrogens with two attached hydrogens (primary N) is 1. The molecule has 1 heterocycles. The van der Waals surface area contributed by atoms with Crippen molar-refractivity contribution in [3.63, 3.8) is 0 Å². The second-order valence-corrected chi connectivity index (χ2v) is 4.19. The van der Waals surface area contributed by atoms with Crippen LogP contribution in [0.2, 0.25) is 0 Å². The molecule has 1 aromatic carbocycles. The van der Waals surface area contributed by atoms with Crippen LogP contribution in [0.15, 0.2) is 48.8 Å². The van der Waals surface area contributed by atoms with Gasteiger partial charge in [-0.2, -0.15) is 10.2 Å². The van der Waals surface area contributed by atoms with Crippen molar-refractivity contribution < 1.29 is 4.79 Å². The standard InChI is InChI=1S/C14H16N4O/c15-13(11-4-2-1-3-5-11)7-8-16-14(19)12-6-9-17-18-10-12/h1-6,9-10,13H,7-8,15H2,(H,16,19). The van der Waals surface area contributed by atoms with E-state index in [9.17, 15) is 4.79 Å². The van der Waals surface area contributed by atoms with E-state index in [2.05, 4.69) is 15.5 Å². The van der Waals surface area contributed by atoms with Gasteiger partial charge in [0.15, 0.2) is 0 Å². The minimum atomic E-state index is -0.157. The Morgan fingerprint density at radius 2 is 2.00 bits per heavy atom. The van der Waals surface area contributed by atoms with Gasteiger partial charge in [0.25, 0.3) is 5.91 Å². The first kappa shape index (κ1) is 13.2. The maximum absolute atomic E-state index is 11.7. The molecule has 0 radical (unpaired) electrons. The number of benzene rings is 1. The molecular weight excluding hydrogens is 240 g/mol. The molecule has 2 aromatic rings. The van der Waals surface area contributed by atoms with E-state index in [-0.39, 0.29) is 11.9 Å². The predicted molar refractivity (Wildman–Crippen MR) is 72.4 cm³/mol. The summed E-state index contributed by atoms with van der Waals surface area (Å²) in [5.41, 5.74) is 7.62. The molecule has 1 aromatic heterocycles. The highest BCUT2D eigenvalue weighted by atomic mass is 16.1. The highest BCUT2D eigenvalue weighted by Gasteiger charge is 2.08. The zero-order chi connectivity index (χ0) is 13.5. The summed E-state index contributed by atoms with van der Waals surface area (Å²) in [5, 5.41) is 10.1. The Bertz CT molecular complexity index is 515. The van der Waals surface area contributed by atoms with Crippen LogP contribution in [0.1, 0.15) is 28.4 Å². The number of aromatic nitrogens is 2. The van der Waals surface area contributed by atoms with Crippen LogP contribution in [-0.2, 0) is 0 Å². The van der Waals surface area contributed by atoms with Crippen molar-refractivity contribution in [3.8, 4) is 0 Å². The van der Waals surface area contributed by atoms with Gasteiger partial charge in [-0.1, -0.05) is 30.3 Å². The number of nitrogens with zero attached hydrogens (tertiary/aromatic N) is 2. The van der Waals surface area contributed by atoms with E-state index >= 15 is 0 Å². The molecule has 0 saturated carbocycles. The first-order chi connectivity index (χ1) is 9.27. The Balaban J connectivity index is 1.79. The average Bonchev–Trinajstić information content (AvgIpc) is 2.49. The van der Waals surface area contributed by atoms with Crippen LogP contribution < -0.4 is 11.1 Å². The fourth-order valence-electron chi connectivity index (χ4n) is 1.74. The Kier molecular flexibility index (Phi) is 4.58. The zero-order valence-electron chi connectivity index (χ0n) is 10.5. The summed E-state index contributed by atoms with van der Waals surface area (Å²) < 4.78 is 0. The minimum Gasteiger partial charge on any atom is -0.352 e. The first-order valence-corrected chi connectivity index (χ1v) is 6.13. The molecule has 0 saturated heterocycles. The molecule has 5 nitrogen and oxygen atoms in total. The highest BCUT2D eigenvalue weighted by molar-refractivity contribution is 5.93. The summed E-state index contributed by atoms with van der Waals surface area (Å²) in [4.78, 5) is 11.7. The number of rotatable bonds is 5. The summed E-state index contributed by atoms with van der Waals surface area (Å²) in [5.74, 6) is -0.157. The molecule has 1 atom stereocenters. The van der Waals surface area contributed by atoms with Crippen LogP contribution in [0.4, 0.5) is 0 Å². The zero-order valence-corrected chi connectivity index (χ0v) is 10.5. The van der Waals surface area contributed by atoms with Gasteiger partial charge in [0.1, 0.15) is 0 Å². The fraction of sp³-hybridized carbons (Fsp3) is 0.214. The van der Waals surface area contributed by atoms with E-state index in [1.165, 1.54) is 12.4 Å². The van der Waals surface area contributed by atoms with Gasteiger partial charge in [0, 0.05) is 12.6 Å². The van der Waals surface area contributed by atoms with E-state index in [1.807, 2.05) is 30.3 Å². The van der Waals surface area contributed by atoms with Gasteiger partial charge in [0.05, 0.1) is 18.0 Å². The lowest BCUT2D eigenvalue weighted by molar-refractivity contribution is 0.0952. The smallest absolute Gasteiger partial charge is 0.252 e. The van der Waals surface area contributed by atoms with Gasteiger partial charge in [-0.15, -0.1) is 0 Å². The van der Waals surface area contributed by atoms with E-state index in [0.29, 0.717) is 18.5 Å². The van der Waals surface area contributed by atoms with Crippen LogP contribution >= 0.6 is 0 Å². The van der Waals surface area contributed by atoms with Crippen molar-refractivity contribution in [1.82, 2.24) is 15.5 Å². The van der Waals surface area contributed by atoms with E-state index in [1.54, 1.807) is 6.07 Å². The van der Waals surface area contributed by atoms with Crippen molar-refractivity contribution in [1.29, 1.82) is 0 Å². The van der Waals surface area contributed by atoms with Gasteiger partial charge >= 0.3 is 0 Å². The minimum absolute atomic E-state index is 0.0722. The van der Waals surface area contributed by atoms with Crippen LogP contribution in [0.5, 0.6) is 0 Å². The van der Waals surface area contributed by atoms with E-state index in [0.717, 1.165) is 5.56 Å². The molecule has 0 aliphatic rings. The van der Waals surface area contributed by atoms with Gasteiger partial charge < -0.3 is 11.1 Å². The molecular formula is C14H16N4O. The highest BCUT2D eigenvalue weighted by Crippen LogP contribution is 2.12. The lowest BCUT2D eigenvalue weighted by atomic mass is 10.1. The van der Waals surface area contributed by atoms with E-state index in [4.69, 9.17) is 5.73 Å². The van der Waals surface area contributed by atoms with Crippen molar-refractivity contribution in [3.05, 3.63) is 59.9 Å². The normalized spacial score (nSPS) is 11.8. The molecule has 1 amide bonds. The van der Waals surface area contributed by atoms with Gasteiger partial charge in [0.2, 0.25) is 0 Å². The number of nitrogens with one attached hydrogen (secondary N) is 1. The van der Waals surface area contributed by atoms with Crippen LogP contribution in [0, 0.1) is 0 Å². The molecule has 0 aliphatic carbocycles. The molecule has 1 unspecified atom stereocenters. The third-order valence-electron chi connectivity index (χ3n) is 2.82. The number of hydrogen-bond donors (Lipinski definition) is 2. The van der Waals surface area contributed by atoms with Crippen LogP contribution in [-0.4, -0.2) is 22.6 Å². The predicted octanol–water partition coefficient (Wildman–Crippen LogP) is 1.30. The number of carbonyl (C=O) groups is 1. The Morgan fingerprint density at radius 1 is 1.21 bits per heavy atom. The lowest BCUT2D eigenvalue weighted by Gasteiger charge is -2.12. The second-order valence-electron chi connectivity index (χ2n) is 4.19. The number of amides is 1. The molecule has 0 aliphatic heterocycles. The van der Waals surface area contributed by atoms with Gasteiger partial charge in [-0.25, -0.2) is 0 Å². The molecule has 98 valence electrons. The Labute approximate surface area is 111 Å². The molecule has 0 fully saturated rings. The molecule has 0 spiro atoms. The largest absolute Gasteiger partial charge is 0.352 e. The van der Waals surface area contributed by atoms with Crippen molar-refractivity contribution >= 4 is 5.91 Å². The molecule has 5 heteroatoms. The summed E-state index contributed by atoms with van der Waals surface area (Å²) in [6, 6.07) is 11.4. The van der Waals surface area contributed by atoms with Gasteiger partial charge in [-0.05, 0) is 18.1 Å². The van der Waals surface area contributed by atoms with E-state index < -0.39 is 0 Å². The lowest BCUT2D eigenvalue weighted by Crippen LogP contribution is -2.27. The summed E-state index contributed by atoms with van der Waals surface area (Å²) in [6.07, 6.45) is 3.62. The summed E-state index contributed by atoms with van der Waals surface area (Å²) in [7, 11) is 0. The Morgan fingerprint density at radius 3 is 2.68 bits per heavy atom. The topological polar surface area (TPSA) is 80.9 Å². The number of carbonyl (C=O) groups excluding carboxylic acids is 1. The van der Waals surface area contributed by atoms with Crippen molar-refractivity contribution in [2.45, 2.75) is 12.5 Å². The Hall–Kier alpha value is -2.27. The fourth-order valence-corrected chi connectivity index (χ4v) is 1.74. The van der Waals surface area contributed by atoms with Crippen molar-refractivity contribution in [2.75, 3.05) is 6.54 Å². The first-order valence-electron chi connectivity index (χ1n) is 6.13. The summed E-state index contributed by atoms with van der Waals surface area (Å²) in [6.45, 7) is 0.525. The quantitative estimate of drug-likeness (QED) is 0.844. The molecule has 19 heavy (non-hydrogen) atoms. The van der Waals surface area contributed by atoms with Crippen LogP contribution in [0.25, 0.3) is 0 Å². The third kappa shape index (κ3) is 3.86. The maximum atomic E-state index is 11.7. The maximum Gasteiger partial charge on any atom is 0.252 e. The monoisotopic (exact) mass is 256 g/mol. The van der Waals surface area contributed by atoms with Crippen molar-refractivity contribution in [2.24, 2.45) is 5.73 Å². The SMILES string of the molecule is NC(CCNC(=O)c1ccnnc1)c1ccccc1. The molecule has 2 rings (SSSR count). The third-order valence-corrected chi connectivity index (χ3v) is 2.82. The second kappa shape index (κ2) is 6.61. The number of hydrogen-bond acceptors (Lipinski definition) is 4. The molecule has 3 N–H and O–H groups in total.